The van der Waals surface area contributed by atoms with E-state index in [9.17, 15) is 0 Å². The van der Waals surface area contributed by atoms with Crippen LogP contribution in [0.3, 0.4) is 0 Å². The van der Waals surface area contributed by atoms with E-state index < -0.39 is 0 Å². The zero-order valence-electron chi connectivity index (χ0n) is 13.2. The van der Waals surface area contributed by atoms with Gasteiger partial charge in [0.25, 0.3) is 0 Å². The summed E-state index contributed by atoms with van der Waals surface area (Å²) in [6, 6.07) is 0. The lowest BCUT2D eigenvalue weighted by atomic mass is 10.4. The second-order valence-electron chi connectivity index (χ2n) is 4.76. The Labute approximate surface area is 126 Å². The van der Waals surface area contributed by atoms with Gasteiger partial charge in [0, 0.05) is 33.2 Å². The number of nitrogens with one attached hydrogen (secondary N) is 2. The van der Waals surface area contributed by atoms with Crippen LogP contribution in [0.4, 0.5) is 0 Å². The highest BCUT2D eigenvalue weighted by atomic mass is 16.5. The molecule has 2 N–H and O–H groups in total. The van der Waals surface area contributed by atoms with E-state index in [-0.39, 0.29) is 0 Å². The number of guanidine groups is 1. The monoisotopic (exact) mass is 294 g/mol. The second kappa shape index (κ2) is 9.93. The van der Waals surface area contributed by atoms with Crippen molar-refractivity contribution in [1.82, 2.24) is 25.4 Å². The molecular weight excluding hydrogens is 268 g/mol. The summed E-state index contributed by atoms with van der Waals surface area (Å²) in [5.41, 5.74) is 1.02. The number of hydrogen-bond donors (Lipinski definition) is 2. The minimum absolute atomic E-state index is 0.606. The molecule has 0 amide bonds. The van der Waals surface area contributed by atoms with Crippen LogP contribution in [0.1, 0.15) is 19.7 Å². The van der Waals surface area contributed by atoms with E-state index in [0.717, 1.165) is 36.9 Å². The molecule has 1 aromatic rings. The number of aromatic nitrogens is 3. The van der Waals surface area contributed by atoms with Crippen LogP contribution in [0.15, 0.2) is 23.5 Å². The molecule has 0 saturated carbocycles. The first-order chi connectivity index (χ1) is 10.2. The molecule has 0 aliphatic heterocycles. The van der Waals surface area contributed by atoms with E-state index in [4.69, 9.17) is 4.74 Å². The van der Waals surface area contributed by atoms with E-state index in [1.54, 1.807) is 13.4 Å². The number of rotatable bonds is 9. The van der Waals surface area contributed by atoms with Crippen molar-refractivity contribution in [2.24, 2.45) is 4.99 Å². The quantitative estimate of drug-likeness (QED) is 0.302. The molecule has 0 saturated heterocycles. The molecule has 7 heteroatoms. The molecule has 0 unspecified atom stereocenters. The van der Waals surface area contributed by atoms with E-state index >= 15 is 0 Å². The van der Waals surface area contributed by atoms with Crippen LogP contribution in [-0.2, 0) is 17.7 Å². The fourth-order valence-electron chi connectivity index (χ4n) is 1.69. The Morgan fingerprint density at radius 3 is 2.86 bits per heavy atom. The maximum absolute atomic E-state index is 5.03. The van der Waals surface area contributed by atoms with Gasteiger partial charge in [0.2, 0.25) is 0 Å². The molecule has 0 radical (unpaired) electrons. The second-order valence-corrected chi connectivity index (χ2v) is 4.76. The minimum atomic E-state index is 0.606. The fraction of sp³-hybridized carbons (Fsp3) is 0.643. The van der Waals surface area contributed by atoms with Gasteiger partial charge in [-0.25, -0.2) is 4.99 Å². The number of aryl methyl sites for hydroxylation is 1. The van der Waals surface area contributed by atoms with Gasteiger partial charge < -0.3 is 19.9 Å². The Morgan fingerprint density at radius 2 is 2.19 bits per heavy atom. The number of ether oxygens (including phenoxy) is 1. The van der Waals surface area contributed by atoms with Crippen LogP contribution in [-0.4, -0.2) is 54.1 Å². The SMILES string of the molecule is C=C(C)CN=C(NCCOC)NCCn1cnnc1CC. The molecule has 0 atom stereocenters. The van der Waals surface area contributed by atoms with Crippen molar-refractivity contribution >= 4 is 5.96 Å². The molecule has 0 fully saturated rings. The van der Waals surface area contributed by atoms with Gasteiger partial charge in [-0.05, 0) is 6.92 Å². The van der Waals surface area contributed by atoms with E-state index in [0.29, 0.717) is 19.7 Å². The van der Waals surface area contributed by atoms with Crippen molar-refractivity contribution in [1.29, 1.82) is 0 Å². The van der Waals surface area contributed by atoms with Gasteiger partial charge in [-0.3, -0.25) is 0 Å². The van der Waals surface area contributed by atoms with Gasteiger partial charge in [-0.15, -0.1) is 10.2 Å². The summed E-state index contributed by atoms with van der Waals surface area (Å²) < 4.78 is 7.07. The van der Waals surface area contributed by atoms with E-state index in [2.05, 4.69) is 39.3 Å². The number of aliphatic imine (C=N–C) groups is 1. The lowest BCUT2D eigenvalue weighted by Gasteiger charge is -2.13. The Hall–Kier alpha value is -1.89. The van der Waals surface area contributed by atoms with Crippen LogP contribution in [0.25, 0.3) is 0 Å². The summed E-state index contributed by atoms with van der Waals surface area (Å²) in [4.78, 5) is 4.46. The summed E-state index contributed by atoms with van der Waals surface area (Å²) >= 11 is 0. The molecule has 7 nitrogen and oxygen atoms in total. The van der Waals surface area contributed by atoms with Crippen molar-refractivity contribution in [3.8, 4) is 0 Å². The van der Waals surface area contributed by atoms with Gasteiger partial charge in [0.15, 0.2) is 5.96 Å². The van der Waals surface area contributed by atoms with Crippen LogP contribution in [0.5, 0.6) is 0 Å². The molecule has 1 rings (SSSR count). The normalized spacial score (nSPS) is 11.5. The van der Waals surface area contributed by atoms with Crippen molar-refractivity contribution in [3.05, 3.63) is 24.3 Å². The summed E-state index contributed by atoms with van der Waals surface area (Å²) in [6.07, 6.45) is 2.63. The van der Waals surface area contributed by atoms with Gasteiger partial charge in [0.05, 0.1) is 13.2 Å². The summed E-state index contributed by atoms with van der Waals surface area (Å²) in [5.74, 6) is 1.76. The molecule has 21 heavy (non-hydrogen) atoms. The predicted octanol–water partition coefficient (Wildman–Crippen LogP) is 0.598. The Kier molecular flexibility index (Phi) is 8.11. The van der Waals surface area contributed by atoms with Crippen LogP contribution >= 0.6 is 0 Å². The molecular formula is C14H26N6O. The smallest absolute Gasteiger partial charge is 0.191 e. The number of hydrogen-bond acceptors (Lipinski definition) is 4. The summed E-state index contributed by atoms with van der Waals surface area (Å²) in [7, 11) is 1.68. The van der Waals surface area contributed by atoms with Gasteiger partial charge in [-0.1, -0.05) is 19.1 Å². The third-order valence-electron chi connectivity index (χ3n) is 2.76. The number of nitrogens with zero attached hydrogens (tertiary/aromatic N) is 4. The highest BCUT2D eigenvalue weighted by Gasteiger charge is 2.02. The fourth-order valence-corrected chi connectivity index (χ4v) is 1.69. The molecule has 1 aromatic heterocycles. The van der Waals surface area contributed by atoms with Gasteiger partial charge in [-0.2, -0.15) is 0 Å². The Balaban J connectivity index is 2.44. The third kappa shape index (κ3) is 6.89. The summed E-state index contributed by atoms with van der Waals surface area (Å²) in [6.45, 7) is 11.4. The average Bonchev–Trinajstić information content (AvgIpc) is 2.91. The van der Waals surface area contributed by atoms with Gasteiger partial charge in [0.1, 0.15) is 12.2 Å². The maximum Gasteiger partial charge on any atom is 0.191 e. The highest BCUT2D eigenvalue weighted by molar-refractivity contribution is 5.79. The van der Waals surface area contributed by atoms with Crippen molar-refractivity contribution in [3.63, 3.8) is 0 Å². The molecule has 1 heterocycles. The zero-order chi connectivity index (χ0) is 15.5. The zero-order valence-corrected chi connectivity index (χ0v) is 13.2. The van der Waals surface area contributed by atoms with Crippen molar-refractivity contribution in [2.45, 2.75) is 26.8 Å². The topological polar surface area (TPSA) is 76.4 Å². The Morgan fingerprint density at radius 1 is 1.43 bits per heavy atom. The van der Waals surface area contributed by atoms with Crippen molar-refractivity contribution in [2.75, 3.05) is 33.4 Å². The standard InChI is InChI=1S/C14H26N6O/c1-5-13-19-18-11-20(13)8-6-15-14(16-7-9-21-4)17-10-12(2)3/h11H,2,5-10H2,1,3-4H3,(H2,15,16,17). The first-order valence-corrected chi connectivity index (χ1v) is 7.19. The van der Waals surface area contributed by atoms with Gasteiger partial charge >= 0.3 is 0 Å². The lowest BCUT2D eigenvalue weighted by Crippen LogP contribution is -2.40. The minimum Gasteiger partial charge on any atom is -0.383 e. The lowest BCUT2D eigenvalue weighted by molar-refractivity contribution is 0.203. The number of methoxy groups -OCH3 is 1. The molecule has 0 aromatic carbocycles. The van der Waals surface area contributed by atoms with Crippen LogP contribution in [0.2, 0.25) is 0 Å². The Bertz CT molecular complexity index is 454. The van der Waals surface area contributed by atoms with E-state index in [1.165, 1.54) is 0 Å². The molecule has 0 aliphatic rings. The van der Waals surface area contributed by atoms with Crippen LogP contribution < -0.4 is 10.6 Å². The summed E-state index contributed by atoms with van der Waals surface area (Å²) in [5, 5.41) is 14.5. The predicted molar refractivity (Wildman–Crippen MR) is 84.4 cm³/mol. The average molecular weight is 294 g/mol. The first-order valence-electron chi connectivity index (χ1n) is 7.19. The van der Waals surface area contributed by atoms with E-state index in [1.807, 2.05) is 11.5 Å². The molecule has 0 bridgehead atoms. The largest absolute Gasteiger partial charge is 0.383 e. The van der Waals surface area contributed by atoms with Crippen molar-refractivity contribution < 1.29 is 4.74 Å². The molecule has 118 valence electrons. The van der Waals surface area contributed by atoms with Crippen LogP contribution in [0, 0.1) is 0 Å². The molecule has 0 spiro atoms. The maximum atomic E-state index is 5.03. The highest BCUT2D eigenvalue weighted by Crippen LogP contribution is 1.94. The third-order valence-corrected chi connectivity index (χ3v) is 2.76. The molecule has 0 aliphatic carbocycles. The first kappa shape index (κ1) is 17.2.